The lowest BCUT2D eigenvalue weighted by atomic mass is 10.2. The summed E-state index contributed by atoms with van der Waals surface area (Å²) in [5.74, 6) is 0.946. The number of H-pyrrole nitrogens is 1. The maximum absolute atomic E-state index is 5.33. The van der Waals surface area contributed by atoms with Gasteiger partial charge in [0.1, 0.15) is 5.76 Å². The van der Waals surface area contributed by atoms with E-state index < -0.39 is 0 Å². The first-order valence-corrected chi connectivity index (χ1v) is 5.06. The molecule has 0 saturated carbocycles. The van der Waals surface area contributed by atoms with Crippen LogP contribution in [-0.2, 0) is 0 Å². The van der Waals surface area contributed by atoms with Gasteiger partial charge in [-0.3, -0.25) is 10.4 Å². The number of nitrogens with zero attached hydrogens (tertiary/aromatic N) is 1. The molecule has 4 heteroatoms. The third-order valence-corrected chi connectivity index (χ3v) is 2.46. The first-order chi connectivity index (χ1) is 7.27. The fourth-order valence-electron chi connectivity index (χ4n) is 1.59. The van der Waals surface area contributed by atoms with Gasteiger partial charge in [0, 0.05) is 12.2 Å². The molecule has 0 bridgehead atoms. The summed E-state index contributed by atoms with van der Waals surface area (Å²) >= 11 is 0. The predicted octanol–water partition coefficient (Wildman–Crippen LogP) is 2.41. The van der Waals surface area contributed by atoms with E-state index in [2.05, 4.69) is 29.4 Å². The standard InChI is InChI=1S/C11H15N3O/c1-8(10-5-6-12-14-10)13-9(2)11-4-3-7-15-11/h3-9,13H,1-2H3,(H,12,14)/t8?,9-/m0/s1. The fourth-order valence-corrected chi connectivity index (χ4v) is 1.59. The van der Waals surface area contributed by atoms with Crippen molar-refractivity contribution >= 4 is 0 Å². The Balaban J connectivity index is 1.98. The number of aromatic amines is 1. The van der Waals surface area contributed by atoms with Crippen LogP contribution in [-0.4, -0.2) is 10.2 Å². The highest BCUT2D eigenvalue weighted by Crippen LogP contribution is 2.17. The van der Waals surface area contributed by atoms with E-state index in [0.29, 0.717) is 0 Å². The van der Waals surface area contributed by atoms with Crippen molar-refractivity contribution in [3.8, 4) is 0 Å². The Bertz CT molecular complexity index is 342. The lowest BCUT2D eigenvalue weighted by Gasteiger charge is -2.16. The molecule has 0 fully saturated rings. The Hall–Kier alpha value is -1.55. The summed E-state index contributed by atoms with van der Waals surface area (Å²) in [7, 11) is 0. The summed E-state index contributed by atoms with van der Waals surface area (Å²) in [6, 6.07) is 6.25. The van der Waals surface area contributed by atoms with Gasteiger partial charge in [-0.05, 0) is 32.0 Å². The van der Waals surface area contributed by atoms with Crippen LogP contribution in [0.3, 0.4) is 0 Å². The number of nitrogens with one attached hydrogen (secondary N) is 2. The first kappa shape index (κ1) is 9.98. The molecule has 0 aliphatic carbocycles. The minimum Gasteiger partial charge on any atom is -0.468 e. The normalized spacial score (nSPS) is 15.1. The van der Waals surface area contributed by atoms with Crippen molar-refractivity contribution in [3.05, 3.63) is 42.1 Å². The average Bonchev–Trinajstić information content (AvgIpc) is 2.91. The van der Waals surface area contributed by atoms with Crippen LogP contribution in [0.1, 0.15) is 37.4 Å². The monoisotopic (exact) mass is 205 g/mol. The van der Waals surface area contributed by atoms with E-state index in [0.717, 1.165) is 11.5 Å². The highest BCUT2D eigenvalue weighted by Gasteiger charge is 2.13. The molecule has 2 heterocycles. The summed E-state index contributed by atoms with van der Waals surface area (Å²) in [4.78, 5) is 0. The molecule has 2 aromatic heterocycles. The number of hydrogen-bond acceptors (Lipinski definition) is 3. The zero-order valence-electron chi connectivity index (χ0n) is 8.90. The third-order valence-electron chi connectivity index (χ3n) is 2.46. The fraction of sp³-hybridized carbons (Fsp3) is 0.364. The van der Waals surface area contributed by atoms with Crippen LogP contribution in [0.25, 0.3) is 0 Å². The molecule has 0 aliphatic heterocycles. The van der Waals surface area contributed by atoms with E-state index >= 15 is 0 Å². The minimum absolute atomic E-state index is 0.193. The van der Waals surface area contributed by atoms with Gasteiger partial charge in [-0.2, -0.15) is 5.10 Å². The van der Waals surface area contributed by atoms with Gasteiger partial charge < -0.3 is 4.42 Å². The Morgan fingerprint density at radius 1 is 1.33 bits per heavy atom. The van der Waals surface area contributed by atoms with E-state index in [1.807, 2.05) is 18.2 Å². The van der Waals surface area contributed by atoms with Crippen molar-refractivity contribution in [1.29, 1.82) is 0 Å². The molecule has 4 nitrogen and oxygen atoms in total. The Kier molecular flexibility index (Phi) is 2.87. The molecule has 2 N–H and O–H groups in total. The van der Waals surface area contributed by atoms with Crippen molar-refractivity contribution in [1.82, 2.24) is 15.5 Å². The van der Waals surface area contributed by atoms with E-state index in [9.17, 15) is 0 Å². The maximum Gasteiger partial charge on any atom is 0.120 e. The lowest BCUT2D eigenvalue weighted by molar-refractivity contribution is 0.399. The van der Waals surface area contributed by atoms with Gasteiger partial charge >= 0.3 is 0 Å². The van der Waals surface area contributed by atoms with Crippen LogP contribution in [0.4, 0.5) is 0 Å². The maximum atomic E-state index is 5.33. The summed E-state index contributed by atoms with van der Waals surface area (Å²) in [6.45, 7) is 4.17. The number of hydrogen-bond donors (Lipinski definition) is 2. The predicted molar refractivity (Wildman–Crippen MR) is 57.3 cm³/mol. The molecule has 0 saturated heterocycles. The highest BCUT2D eigenvalue weighted by atomic mass is 16.3. The van der Waals surface area contributed by atoms with Crippen molar-refractivity contribution < 1.29 is 4.42 Å². The average molecular weight is 205 g/mol. The Labute approximate surface area is 88.7 Å². The lowest BCUT2D eigenvalue weighted by Crippen LogP contribution is -2.22. The van der Waals surface area contributed by atoms with Gasteiger partial charge in [-0.25, -0.2) is 0 Å². The summed E-state index contributed by atoms with van der Waals surface area (Å²) in [5.41, 5.74) is 1.08. The number of rotatable bonds is 4. The van der Waals surface area contributed by atoms with Crippen LogP contribution >= 0.6 is 0 Å². The molecule has 0 amide bonds. The zero-order valence-corrected chi connectivity index (χ0v) is 8.90. The molecule has 2 atom stereocenters. The molecule has 2 aromatic rings. The molecule has 0 radical (unpaired) electrons. The Morgan fingerprint density at radius 3 is 2.80 bits per heavy atom. The topological polar surface area (TPSA) is 53.9 Å². The summed E-state index contributed by atoms with van der Waals surface area (Å²) in [6.07, 6.45) is 3.44. The van der Waals surface area contributed by atoms with Gasteiger partial charge in [0.25, 0.3) is 0 Å². The van der Waals surface area contributed by atoms with Crippen molar-refractivity contribution in [2.24, 2.45) is 0 Å². The molecular weight excluding hydrogens is 190 g/mol. The Morgan fingerprint density at radius 2 is 2.20 bits per heavy atom. The molecule has 15 heavy (non-hydrogen) atoms. The molecule has 80 valence electrons. The van der Waals surface area contributed by atoms with Crippen LogP contribution < -0.4 is 5.32 Å². The molecule has 1 unspecified atom stereocenters. The summed E-state index contributed by atoms with van der Waals surface area (Å²) in [5, 5.41) is 10.3. The highest BCUT2D eigenvalue weighted by molar-refractivity contribution is 5.07. The molecular formula is C11H15N3O. The van der Waals surface area contributed by atoms with Crippen molar-refractivity contribution in [3.63, 3.8) is 0 Å². The SMILES string of the molecule is CC(N[C@@H](C)c1ccco1)c1ccn[nH]1. The van der Waals surface area contributed by atoms with Gasteiger partial charge in [0.2, 0.25) is 0 Å². The second kappa shape index (κ2) is 4.31. The second-order valence-electron chi connectivity index (χ2n) is 3.64. The molecule has 0 aliphatic rings. The summed E-state index contributed by atoms with van der Waals surface area (Å²) < 4.78 is 5.33. The molecule has 0 aromatic carbocycles. The van der Waals surface area contributed by atoms with Gasteiger partial charge in [-0.1, -0.05) is 0 Å². The van der Waals surface area contributed by atoms with E-state index in [1.165, 1.54) is 0 Å². The first-order valence-electron chi connectivity index (χ1n) is 5.06. The second-order valence-corrected chi connectivity index (χ2v) is 3.64. The number of furan rings is 1. The van der Waals surface area contributed by atoms with Gasteiger partial charge in [0.05, 0.1) is 18.0 Å². The zero-order chi connectivity index (χ0) is 10.7. The van der Waals surface area contributed by atoms with Gasteiger partial charge in [-0.15, -0.1) is 0 Å². The van der Waals surface area contributed by atoms with Crippen LogP contribution in [0, 0.1) is 0 Å². The smallest absolute Gasteiger partial charge is 0.120 e. The molecule has 2 rings (SSSR count). The van der Waals surface area contributed by atoms with E-state index in [-0.39, 0.29) is 12.1 Å². The van der Waals surface area contributed by atoms with Crippen molar-refractivity contribution in [2.45, 2.75) is 25.9 Å². The van der Waals surface area contributed by atoms with Crippen LogP contribution in [0.5, 0.6) is 0 Å². The molecule has 0 spiro atoms. The largest absolute Gasteiger partial charge is 0.468 e. The minimum atomic E-state index is 0.193. The van der Waals surface area contributed by atoms with Crippen LogP contribution in [0.2, 0.25) is 0 Å². The third kappa shape index (κ3) is 2.27. The van der Waals surface area contributed by atoms with Gasteiger partial charge in [0.15, 0.2) is 0 Å². The van der Waals surface area contributed by atoms with Crippen molar-refractivity contribution in [2.75, 3.05) is 0 Å². The van der Waals surface area contributed by atoms with Crippen LogP contribution in [0.15, 0.2) is 35.1 Å². The number of aromatic nitrogens is 2. The quantitative estimate of drug-likeness (QED) is 0.805. The van der Waals surface area contributed by atoms with E-state index in [1.54, 1.807) is 12.5 Å². The van der Waals surface area contributed by atoms with E-state index in [4.69, 9.17) is 4.42 Å².